The Hall–Kier alpha value is -0.970. The summed E-state index contributed by atoms with van der Waals surface area (Å²) in [6, 6.07) is 10.5. The van der Waals surface area contributed by atoms with Crippen molar-refractivity contribution in [3.63, 3.8) is 0 Å². The van der Waals surface area contributed by atoms with Gasteiger partial charge in [-0.05, 0) is 29.9 Å². The molecule has 80 valence electrons. The Balaban J connectivity index is 1.96. The molecule has 0 aromatic heterocycles. The van der Waals surface area contributed by atoms with Crippen LogP contribution in [0.4, 0.5) is 0 Å². The van der Waals surface area contributed by atoms with Crippen LogP contribution in [-0.2, 0) is 6.42 Å². The van der Waals surface area contributed by atoms with E-state index >= 15 is 0 Å². The number of nitrogens with zero attached hydrogens (tertiary/aromatic N) is 1. The first-order valence-corrected chi connectivity index (χ1v) is 5.76. The van der Waals surface area contributed by atoms with Gasteiger partial charge < -0.3 is 5.43 Å². The van der Waals surface area contributed by atoms with Gasteiger partial charge in [0.05, 0.1) is 0 Å². The van der Waals surface area contributed by atoms with E-state index in [4.69, 9.17) is 5.84 Å². The standard InChI is InChI=1S/C11H15N3S/c1-9(11-8-13-14(12)15-11)7-10-5-3-2-4-6-10/h2-6,8-9,13H,7,12H2,1H3. The molecule has 1 aromatic rings. The second-order valence-electron chi connectivity index (χ2n) is 3.68. The van der Waals surface area contributed by atoms with Crippen molar-refractivity contribution in [2.45, 2.75) is 13.3 Å². The lowest BCUT2D eigenvalue weighted by Gasteiger charge is -2.12. The minimum atomic E-state index is 0.499. The monoisotopic (exact) mass is 221 g/mol. The molecule has 0 aliphatic carbocycles. The highest BCUT2D eigenvalue weighted by Gasteiger charge is 2.17. The molecule has 0 amide bonds. The van der Waals surface area contributed by atoms with E-state index in [2.05, 4.69) is 36.6 Å². The fourth-order valence-corrected chi connectivity index (χ4v) is 2.30. The van der Waals surface area contributed by atoms with E-state index in [1.165, 1.54) is 15.0 Å². The molecule has 2 rings (SSSR count). The zero-order valence-electron chi connectivity index (χ0n) is 8.68. The maximum Gasteiger partial charge on any atom is 0.0263 e. The molecule has 3 N–H and O–H groups in total. The van der Waals surface area contributed by atoms with Gasteiger partial charge in [-0.25, -0.2) is 5.84 Å². The summed E-state index contributed by atoms with van der Waals surface area (Å²) in [5.41, 5.74) is 4.31. The van der Waals surface area contributed by atoms with Gasteiger partial charge in [-0.2, -0.15) is 0 Å². The Bertz CT molecular complexity index is 350. The summed E-state index contributed by atoms with van der Waals surface area (Å²) in [6.07, 6.45) is 3.02. The molecule has 0 saturated carbocycles. The number of rotatable bonds is 3. The first kappa shape index (κ1) is 10.5. The normalized spacial score (nSPS) is 18.4. The highest BCUT2D eigenvalue weighted by molar-refractivity contribution is 8.00. The summed E-state index contributed by atoms with van der Waals surface area (Å²) in [7, 11) is 0. The third-order valence-corrected chi connectivity index (χ3v) is 3.44. The molecule has 1 atom stereocenters. The van der Waals surface area contributed by atoms with E-state index in [1.807, 2.05) is 12.3 Å². The molecule has 1 unspecified atom stereocenters. The van der Waals surface area contributed by atoms with Gasteiger partial charge in [0.1, 0.15) is 0 Å². The van der Waals surface area contributed by atoms with Crippen molar-refractivity contribution in [3.05, 3.63) is 47.0 Å². The molecular weight excluding hydrogens is 206 g/mol. The van der Waals surface area contributed by atoms with Crippen molar-refractivity contribution in [3.8, 4) is 0 Å². The number of nitrogens with two attached hydrogens (primary N) is 1. The van der Waals surface area contributed by atoms with Gasteiger partial charge in [-0.1, -0.05) is 41.8 Å². The van der Waals surface area contributed by atoms with E-state index in [0.717, 1.165) is 6.42 Å². The molecular formula is C11H15N3S. The van der Waals surface area contributed by atoms with Crippen molar-refractivity contribution in [2.75, 3.05) is 0 Å². The predicted octanol–water partition coefficient (Wildman–Crippen LogP) is 2.05. The second kappa shape index (κ2) is 4.70. The van der Waals surface area contributed by atoms with Gasteiger partial charge in [-0.15, -0.1) is 0 Å². The number of hydrogen-bond donors (Lipinski definition) is 2. The molecule has 0 radical (unpaired) electrons. The topological polar surface area (TPSA) is 41.3 Å². The van der Waals surface area contributed by atoms with Gasteiger partial charge in [0, 0.05) is 11.1 Å². The van der Waals surface area contributed by atoms with Crippen molar-refractivity contribution < 1.29 is 0 Å². The van der Waals surface area contributed by atoms with E-state index in [1.54, 1.807) is 11.9 Å². The molecule has 1 aliphatic heterocycles. The van der Waals surface area contributed by atoms with Crippen molar-refractivity contribution in [1.82, 2.24) is 9.95 Å². The summed E-state index contributed by atoms with van der Waals surface area (Å²) in [5, 5.41) is 0. The van der Waals surface area contributed by atoms with E-state index in [0.29, 0.717) is 5.92 Å². The quantitative estimate of drug-likeness (QED) is 0.605. The highest BCUT2D eigenvalue weighted by Crippen LogP contribution is 2.30. The number of hydrogen-bond acceptors (Lipinski definition) is 4. The van der Waals surface area contributed by atoms with Gasteiger partial charge in [0.25, 0.3) is 0 Å². The lowest BCUT2D eigenvalue weighted by atomic mass is 10.0. The zero-order chi connectivity index (χ0) is 10.7. The van der Waals surface area contributed by atoms with Gasteiger partial charge in [0.2, 0.25) is 0 Å². The maximum atomic E-state index is 5.59. The van der Waals surface area contributed by atoms with E-state index in [9.17, 15) is 0 Å². The van der Waals surface area contributed by atoms with Crippen LogP contribution in [0.5, 0.6) is 0 Å². The first-order chi connectivity index (χ1) is 7.25. The maximum absolute atomic E-state index is 5.59. The molecule has 0 bridgehead atoms. The average molecular weight is 221 g/mol. The van der Waals surface area contributed by atoms with Crippen LogP contribution in [0.3, 0.4) is 0 Å². The van der Waals surface area contributed by atoms with E-state index in [-0.39, 0.29) is 0 Å². The number of benzene rings is 1. The molecule has 1 aliphatic rings. The summed E-state index contributed by atoms with van der Waals surface area (Å²) in [4.78, 5) is 1.28. The Morgan fingerprint density at radius 3 is 2.73 bits per heavy atom. The molecule has 15 heavy (non-hydrogen) atoms. The van der Waals surface area contributed by atoms with Crippen LogP contribution in [0.2, 0.25) is 0 Å². The molecule has 0 spiro atoms. The molecule has 0 fully saturated rings. The minimum absolute atomic E-state index is 0.499. The average Bonchev–Trinajstić information content (AvgIpc) is 2.66. The van der Waals surface area contributed by atoms with Crippen LogP contribution in [0, 0.1) is 5.92 Å². The number of nitrogens with one attached hydrogen (secondary N) is 1. The lowest BCUT2D eigenvalue weighted by molar-refractivity contribution is 0.440. The van der Waals surface area contributed by atoms with Gasteiger partial charge in [0.15, 0.2) is 0 Å². The van der Waals surface area contributed by atoms with E-state index < -0.39 is 0 Å². The summed E-state index contributed by atoms with van der Waals surface area (Å²) < 4.78 is 1.52. The Morgan fingerprint density at radius 1 is 1.40 bits per heavy atom. The Kier molecular flexibility index (Phi) is 3.30. The van der Waals surface area contributed by atoms with Crippen LogP contribution in [-0.4, -0.2) is 4.52 Å². The van der Waals surface area contributed by atoms with Crippen LogP contribution in [0.1, 0.15) is 12.5 Å². The zero-order valence-corrected chi connectivity index (χ0v) is 9.50. The predicted molar refractivity (Wildman–Crippen MR) is 64.1 cm³/mol. The molecule has 1 heterocycles. The van der Waals surface area contributed by atoms with Crippen LogP contribution < -0.4 is 11.3 Å². The number of hydrazine groups is 2. The third-order valence-electron chi connectivity index (χ3n) is 2.41. The first-order valence-electron chi connectivity index (χ1n) is 4.98. The third kappa shape index (κ3) is 2.75. The largest absolute Gasteiger partial charge is 0.302 e. The second-order valence-corrected chi connectivity index (χ2v) is 4.73. The molecule has 0 saturated heterocycles. The van der Waals surface area contributed by atoms with Crippen molar-refractivity contribution in [1.29, 1.82) is 0 Å². The molecule has 4 heteroatoms. The smallest absolute Gasteiger partial charge is 0.0263 e. The van der Waals surface area contributed by atoms with Crippen LogP contribution in [0.15, 0.2) is 41.4 Å². The summed E-state index contributed by atoms with van der Waals surface area (Å²) in [6.45, 7) is 2.21. The number of allylic oxidation sites excluding steroid dienone is 1. The fourth-order valence-electron chi connectivity index (χ4n) is 1.59. The van der Waals surface area contributed by atoms with Crippen molar-refractivity contribution in [2.24, 2.45) is 11.8 Å². The van der Waals surface area contributed by atoms with Crippen molar-refractivity contribution >= 4 is 11.9 Å². The molecule has 3 nitrogen and oxygen atoms in total. The Labute approximate surface area is 94.4 Å². The summed E-state index contributed by atoms with van der Waals surface area (Å²) in [5.74, 6) is 6.09. The lowest BCUT2D eigenvalue weighted by Crippen LogP contribution is -2.30. The van der Waals surface area contributed by atoms with Gasteiger partial charge >= 0.3 is 0 Å². The SMILES string of the molecule is CC(Cc1ccccc1)C1=CNN(N)S1. The van der Waals surface area contributed by atoms with Crippen LogP contribution in [0.25, 0.3) is 0 Å². The highest BCUT2D eigenvalue weighted by atomic mass is 32.2. The fraction of sp³-hybridized carbons (Fsp3) is 0.273. The van der Waals surface area contributed by atoms with Gasteiger partial charge in [-0.3, -0.25) is 0 Å². The summed E-state index contributed by atoms with van der Waals surface area (Å²) >= 11 is 1.55. The minimum Gasteiger partial charge on any atom is -0.302 e. The Morgan fingerprint density at radius 2 is 2.13 bits per heavy atom. The molecule has 1 aromatic carbocycles. The van der Waals surface area contributed by atoms with Crippen LogP contribution >= 0.6 is 11.9 Å².